The molecule has 0 N–H and O–H groups in total. The van der Waals surface area contributed by atoms with Crippen LogP contribution in [0.2, 0.25) is 5.02 Å². The van der Waals surface area contributed by atoms with Crippen LogP contribution in [-0.2, 0) is 6.42 Å². The van der Waals surface area contributed by atoms with Crippen LogP contribution in [0.4, 0.5) is 0 Å². The lowest BCUT2D eigenvalue weighted by Gasteiger charge is -2.16. The Balaban J connectivity index is 1.68. The molecule has 4 aromatic rings. The number of carbonyl (C=O) groups excluding carboxylic acids is 1. The van der Waals surface area contributed by atoms with E-state index >= 15 is 0 Å². The molecule has 0 bridgehead atoms. The molecule has 2 heterocycles. The molecule has 0 saturated carbocycles. The van der Waals surface area contributed by atoms with Crippen molar-refractivity contribution in [2.45, 2.75) is 16.6 Å². The fourth-order valence-corrected chi connectivity index (χ4v) is 4.30. The first-order chi connectivity index (χ1) is 13.2. The molecular formula is C22H16ClNO2S. The average Bonchev–Trinajstić information content (AvgIpc) is 3.24. The number of pyridine rings is 1. The van der Waals surface area contributed by atoms with Crippen LogP contribution in [0, 0.1) is 0 Å². The zero-order valence-electron chi connectivity index (χ0n) is 14.3. The number of thioether (sulfide) groups is 1. The molecule has 1 atom stereocenters. The van der Waals surface area contributed by atoms with E-state index in [0.29, 0.717) is 17.2 Å². The van der Waals surface area contributed by atoms with Crippen molar-refractivity contribution >= 4 is 40.0 Å². The van der Waals surface area contributed by atoms with Crippen molar-refractivity contribution in [1.82, 2.24) is 4.98 Å². The monoisotopic (exact) mass is 393 g/mol. The van der Waals surface area contributed by atoms with Crippen LogP contribution in [0.5, 0.6) is 0 Å². The lowest BCUT2D eigenvalue weighted by Crippen LogP contribution is -2.20. The van der Waals surface area contributed by atoms with Gasteiger partial charge in [0.2, 0.25) is 5.78 Å². The van der Waals surface area contributed by atoms with Gasteiger partial charge in [0.1, 0.15) is 0 Å². The van der Waals surface area contributed by atoms with Crippen LogP contribution in [0.1, 0.15) is 16.1 Å². The molecule has 27 heavy (non-hydrogen) atoms. The summed E-state index contributed by atoms with van der Waals surface area (Å²) < 4.78 is 5.36. The van der Waals surface area contributed by atoms with Crippen molar-refractivity contribution in [2.24, 2.45) is 0 Å². The van der Waals surface area contributed by atoms with Gasteiger partial charge < -0.3 is 4.42 Å². The number of para-hydroxylation sites is 1. The normalized spacial score (nSPS) is 12.2. The Bertz CT molecular complexity index is 1060. The van der Waals surface area contributed by atoms with Gasteiger partial charge in [0.15, 0.2) is 5.76 Å². The molecule has 0 aliphatic carbocycles. The predicted octanol–water partition coefficient (Wildman–Crippen LogP) is 6.07. The number of hydrogen-bond acceptors (Lipinski definition) is 4. The van der Waals surface area contributed by atoms with Crippen molar-refractivity contribution in [1.29, 1.82) is 0 Å². The Labute approximate surface area is 166 Å². The maximum atomic E-state index is 13.1. The van der Waals surface area contributed by atoms with Crippen molar-refractivity contribution in [3.05, 3.63) is 95.5 Å². The third-order valence-electron chi connectivity index (χ3n) is 4.26. The molecule has 0 unspecified atom stereocenters. The van der Waals surface area contributed by atoms with Gasteiger partial charge in [-0.05, 0) is 48.4 Å². The SMILES string of the molecule is O=C(c1ccco1)[C@H](Cc1ccc(Cl)cc1)Sc1cccc2cccnc12. The molecule has 0 aliphatic rings. The van der Waals surface area contributed by atoms with Crippen molar-refractivity contribution in [3.63, 3.8) is 0 Å². The summed E-state index contributed by atoms with van der Waals surface area (Å²) in [5.41, 5.74) is 1.95. The first-order valence-corrected chi connectivity index (χ1v) is 9.79. The fourth-order valence-electron chi connectivity index (χ4n) is 2.92. The third kappa shape index (κ3) is 4.07. The van der Waals surface area contributed by atoms with E-state index in [0.717, 1.165) is 21.4 Å². The second-order valence-corrected chi connectivity index (χ2v) is 7.79. The van der Waals surface area contributed by atoms with Crippen molar-refractivity contribution < 1.29 is 9.21 Å². The first-order valence-electron chi connectivity index (χ1n) is 8.53. The Morgan fingerprint density at radius 2 is 1.85 bits per heavy atom. The van der Waals surface area contributed by atoms with Crippen molar-refractivity contribution in [3.8, 4) is 0 Å². The fraction of sp³-hybridized carbons (Fsp3) is 0.0909. The summed E-state index contributed by atoms with van der Waals surface area (Å²) in [5.74, 6) is 0.336. The van der Waals surface area contributed by atoms with Gasteiger partial charge in [-0.2, -0.15) is 0 Å². The minimum absolute atomic E-state index is 0.0344. The maximum Gasteiger partial charge on any atom is 0.211 e. The van der Waals surface area contributed by atoms with E-state index in [1.54, 1.807) is 18.3 Å². The molecule has 0 aliphatic heterocycles. The smallest absolute Gasteiger partial charge is 0.211 e. The molecule has 134 valence electrons. The van der Waals surface area contributed by atoms with Gasteiger partial charge in [-0.1, -0.05) is 41.9 Å². The molecule has 0 amide bonds. The lowest BCUT2D eigenvalue weighted by molar-refractivity contribution is 0.0962. The Morgan fingerprint density at radius 1 is 1.04 bits per heavy atom. The number of rotatable bonds is 6. The average molecular weight is 394 g/mol. The number of aromatic nitrogens is 1. The molecule has 0 saturated heterocycles. The number of benzene rings is 2. The summed E-state index contributed by atoms with van der Waals surface area (Å²) in [4.78, 5) is 18.5. The lowest BCUT2D eigenvalue weighted by atomic mass is 10.1. The van der Waals surface area contributed by atoms with E-state index in [4.69, 9.17) is 16.0 Å². The van der Waals surface area contributed by atoms with Crippen LogP contribution >= 0.6 is 23.4 Å². The van der Waals surface area contributed by atoms with E-state index in [1.807, 2.05) is 54.6 Å². The molecule has 3 nitrogen and oxygen atoms in total. The summed E-state index contributed by atoms with van der Waals surface area (Å²) in [6.07, 6.45) is 3.87. The summed E-state index contributed by atoms with van der Waals surface area (Å²) in [6.45, 7) is 0. The summed E-state index contributed by atoms with van der Waals surface area (Å²) in [6, 6.07) is 21.0. The highest BCUT2D eigenvalue weighted by Crippen LogP contribution is 2.33. The van der Waals surface area contributed by atoms with E-state index in [-0.39, 0.29) is 11.0 Å². The molecule has 2 aromatic heterocycles. The van der Waals surface area contributed by atoms with Crippen LogP contribution in [0.25, 0.3) is 10.9 Å². The Morgan fingerprint density at radius 3 is 2.63 bits per heavy atom. The highest BCUT2D eigenvalue weighted by molar-refractivity contribution is 8.00. The van der Waals surface area contributed by atoms with E-state index in [2.05, 4.69) is 4.98 Å². The van der Waals surface area contributed by atoms with E-state index in [1.165, 1.54) is 18.0 Å². The zero-order valence-corrected chi connectivity index (χ0v) is 15.9. The predicted molar refractivity (Wildman–Crippen MR) is 110 cm³/mol. The number of Topliss-reactive ketones (excluding diaryl/α,β-unsaturated/α-hetero) is 1. The molecule has 4 rings (SSSR count). The topological polar surface area (TPSA) is 43.1 Å². The van der Waals surface area contributed by atoms with Crippen LogP contribution in [0.3, 0.4) is 0 Å². The van der Waals surface area contributed by atoms with Crippen LogP contribution < -0.4 is 0 Å². The highest BCUT2D eigenvalue weighted by atomic mass is 35.5. The van der Waals surface area contributed by atoms with Gasteiger partial charge in [0, 0.05) is 21.5 Å². The number of carbonyl (C=O) groups is 1. The number of nitrogens with zero attached hydrogens (tertiary/aromatic N) is 1. The van der Waals surface area contributed by atoms with Crippen molar-refractivity contribution in [2.75, 3.05) is 0 Å². The second-order valence-electron chi connectivity index (χ2n) is 6.11. The van der Waals surface area contributed by atoms with Gasteiger partial charge in [0.25, 0.3) is 0 Å². The summed E-state index contributed by atoms with van der Waals surface area (Å²) in [7, 11) is 0. The van der Waals surface area contributed by atoms with Gasteiger partial charge in [-0.25, -0.2) is 0 Å². The van der Waals surface area contributed by atoms with Gasteiger partial charge in [-0.3, -0.25) is 9.78 Å². The largest absolute Gasteiger partial charge is 0.461 e. The van der Waals surface area contributed by atoms with Gasteiger partial charge >= 0.3 is 0 Å². The number of ketones is 1. The third-order valence-corrected chi connectivity index (χ3v) is 5.76. The maximum absolute atomic E-state index is 13.1. The Kier molecular flexibility index (Phi) is 5.28. The molecule has 0 radical (unpaired) electrons. The first kappa shape index (κ1) is 17.8. The van der Waals surface area contributed by atoms with Crippen LogP contribution in [0.15, 0.2) is 88.5 Å². The van der Waals surface area contributed by atoms with Gasteiger partial charge in [0.05, 0.1) is 17.0 Å². The molecule has 0 spiro atoms. The molecule has 5 heteroatoms. The number of fused-ring (bicyclic) bond motifs is 1. The minimum Gasteiger partial charge on any atom is -0.461 e. The Hall–Kier alpha value is -2.56. The molecule has 2 aromatic carbocycles. The van der Waals surface area contributed by atoms with E-state index < -0.39 is 0 Å². The van der Waals surface area contributed by atoms with Crippen LogP contribution in [-0.4, -0.2) is 16.0 Å². The molecular weight excluding hydrogens is 378 g/mol. The summed E-state index contributed by atoms with van der Waals surface area (Å²) in [5, 5.41) is 1.40. The standard InChI is InChI=1S/C22H16ClNO2S/c23-17-10-8-15(9-11-17)14-20(22(25)18-6-3-13-26-18)27-19-7-1-4-16-5-2-12-24-21(16)19/h1-13,20H,14H2/t20-/m0/s1. The number of furan rings is 1. The number of halogens is 1. The highest BCUT2D eigenvalue weighted by Gasteiger charge is 2.25. The number of hydrogen-bond donors (Lipinski definition) is 0. The molecule has 0 fully saturated rings. The van der Waals surface area contributed by atoms with E-state index in [9.17, 15) is 4.79 Å². The minimum atomic E-state index is -0.329. The second kappa shape index (κ2) is 7.99. The quantitative estimate of drug-likeness (QED) is 0.294. The van der Waals surface area contributed by atoms with Gasteiger partial charge in [-0.15, -0.1) is 11.8 Å². The summed E-state index contributed by atoms with van der Waals surface area (Å²) >= 11 is 7.51. The zero-order chi connectivity index (χ0) is 18.6.